The van der Waals surface area contributed by atoms with Crippen LogP contribution in [0, 0.1) is 11.3 Å². The standard InChI is InChI=1S/C16H19N5S/c1-13(11-17)22-16-19-18-15(12-20-9-5-6-10-20)21(16)14-7-3-2-4-8-14/h2-4,7-8,13H,5-6,9-10,12H2,1H3. The maximum Gasteiger partial charge on any atom is 0.197 e. The van der Waals surface area contributed by atoms with E-state index in [0.29, 0.717) is 0 Å². The van der Waals surface area contributed by atoms with Gasteiger partial charge in [-0.1, -0.05) is 30.0 Å². The average Bonchev–Trinajstić information content (AvgIpc) is 3.19. The molecule has 1 saturated heterocycles. The number of hydrogen-bond donors (Lipinski definition) is 0. The van der Waals surface area contributed by atoms with Gasteiger partial charge < -0.3 is 0 Å². The molecule has 0 aliphatic carbocycles. The van der Waals surface area contributed by atoms with Gasteiger partial charge >= 0.3 is 0 Å². The second-order valence-corrected chi connectivity index (χ2v) is 6.75. The Labute approximate surface area is 135 Å². The second kappa shape index (κ2) is 6.95. The Balaban J connectivity index is 1.93. The van der Waals surface area contributed by atoms with Gasteiger partial charge in [-0.05, 0) is 45.0 Å². The molecule has 2 aromatic rings. The Morgan fingerprint density at radius 3 is 2.64 bits per heavy atom. The highest BCUT2D eigenvalue weighted by Gasteiger charge is 2.20. The fraction of sp³-hybridized carbons (Fsp3) is 0.438. The van der Waals surface area contributed by atoms with Gasteiger partial charge in [-0.15, -0.1) is 10.2 Å². The molecule has 114 valence electrons. The van der Waals surface area contributed by atoms with Crippen LogP contribution in [0.4, 0.5) is 0 Å². The number of benzene rings is 1. The lowest BCUT2D eigenvalue weighted by molar-refractivity contribution is 0.319. The fourth-order valence-corrected chi connectivity index (χ4v) is 3.41. The van der Waals surface area contributed by atoms with Gasteiger partial charge in [0, 0.05) is 5.69 Å². The Hall–Kier alpha value is -1.84. The van der Waals surface area contributed by atoms with E-state index in [1.807, 2.05) is 25.1 Å². The van der Waals surface area contributed by atoms with Gasteiger partial charge in [-0.2, -0.15) is 5.26 Å². The minimum Gasteiger partial charge on any atom is -0.296 e. The maximum atomic E-state index is 9.06. The zero-order chi connectivity index (χ0) is 15.4. The summed E-state index contributed by atoms with van der Waals surface area (Å²) in [5.41, 5.74) is 1.05. The number of likely N-dealkylation sites (tertiary alicyclic amines) is 1. The van der Waals surface area contributed by atoms with Crippen LogP contribution < -0.4 is 0 Å². The highest BCUT2D eigenvalue weighted by molar-refractivity contribution is 8.00. The molecule has 1 aliphatic rings. The third-order valence-corrected chi connectivity index (χ3v) is 4.68. The van der Waals surface area contributed by atoms with Crippen molar-refractivity contribution in [3.05, 3.63) is 36.2 Å². The fourth-order valence-electron chi connectivity index (χ4n) is 2.64. The molecular weight excluding hydrogens is 294 g/mol. The molecule has 3 rings (SSSR count). The molecule has 22 heavy (non-hydrogen) atoms. The van der Waals surface area contributed by atoms with Gasteiger partial charge in [0.25, 0.3) is 0 Å². The maximum absolute atomic E-state index is 9.06. The number of hydrogen-bond acceptors (Lipinski definition) is 5. The first kappa shape index (κ1) is 15.1. The van der Waals surface area contributed by atoms with Crippen LogP contribution in [0.25, 0.3) is 5.69 Å². The van der Waals surface area contributed by atoms with Crippen LogP contribution in [0.3, 0.4) is 0 Å². The molecule has 1 unspecified atom stereocenters. The number of nitrogens with zero attached hydrogens (tertiary/aromatic N) is 5. The molecule has 1 aliphatic heterocycles. The number of nitriles is 1. The van der Waals surface area contributed by atoms with E-state index in [2.05, 4.69) is 37.9 Å². The van der Waals surface area contributed by atoms with Gasteiger partial charge in [0.15, 0.2) is 11.0 Å². The number of rotatable bonds is 5. The largest absolute Gasteiger partial charge is 0.296 e. The van der Waals surface area contributed by atoms with Gasteiger partial charge in [0.1, 0.15) is 0 Å². The molecule has 2 heterocycles. The summed E-state index contributed by atoms with van der Waals surface area (Å²) in [6, 6.07) is 12.4. The van der Waals surface area contributed by atoms with Gasteiger partial charge in [0.2, 0.25) is 0 Å². The van der Waals surface area contributed by atoms with E-state index in [1.54, 1.807) is 0 Å². The van der Waals surface area contributed by atoms with Crippen LogP contribution in [-0.2, 0) is 6.54 Å². The smallest absolute Gasteiger partial charge is 0.197 e. The minimum atomic E-state index is -0.147. The first-order chi connectivity index (χ1) is 10.8. The molecule has 0 N–H and O–H groups in total. The molecule has 5 nitrogen and oxygen atoms in total. The van der Waals surface area contributed by atoms with Crippen molar-refractivity contribution < 1.29 is 0 Å². The van der Waals surface area contributed by atoms with E-state index < -0.39 is 0 Å². The summed E-state index contributed by atoms with van der Waals surface area (Å²) < 4.78 is 2.08. The predicted molar refractivity (Wildman–Crippen MR) is 86.8 cm³/mol. The van der Waals surface area contributed by atoms with Crippen molar-refractivity contribution in [3.63, 3.8) is 0 Å². The Kier molecular flexibility index (Phi) is 4.76. The lowest BCUT2D eigenvalue weighted by Crippen LogP contribution is -2.21. The van der Waals surface area contributed by atoms with E-state index >= 15 is 0 Å². The monoisotopic (exact) mass is 313 g/mol. The van der Waals surface area contributed by atoms with Crippen molar-refractivity contribution in [3.8, 4) is 11.8 Å². The number of thioether (sulfide) groups is 1. The lowest BCUT2D eigenvalue weighted by atomic mass is 10.3. The van der Waals surface area contributed by atoms with Crippen molar-refractivity contribution in [1.82, 2.24) is 19.7 Å². The molecular formula is C16H19N5S. The van der Waals surface area contributed by atoms with Gasteiger partial charge in [0.05, 0.1) is 17.9 Å². The highest BCUT2D eigenvalue weighted by atomic mass is 32.2. The van der Waals surface area contributed by atoms with Crippen molar-refractivity contribution >= 4 is 11.8 Å². The molecule has 1 aromatic carbocycles. The Morgan fingerprint density at radius 2 is 1.95 bits per heavy atom. The van der Waals surface area contributed by atoms with Gasteiger partial charge in [-0.25, -0.2) is 0 Å². The zero-order valence-electron chi connectivity index (χ0n) is 12.6. The Bertz CT molecular complexity index is 655. The van der Waals surface area contributed by atoms with Crippen LogP contribution in [0.5, 0.6) is 0 Å². The molecule has 0 radical (unpaired) electrons. The van der Waals surface area contributed by atoms with Crippen molar-refractivity contribution in [2.45, 2.75) is 36.7 Å². The molecule has 0 spiro atoms. The van der Waals surface area contributed by atoms with Crippen molar-refractivity contribution in [2.24, 2.45) is 0 Å². The molecule has 6 heteroatoms. The summed E-state index contributed by atoms with van der Waals surface area (Å²) in [6.07, 6.45) is 2.51. The van der Waals surface area contributed by atoms with E-state index in [4.69, 9.17) is 5.26 Å². The molecule has 0 bridgehead atoms. The van der Waals surface area contributed by atoms with E-state index in [0.717, 1.165) is 36.3 Å². The molecule has 0 amide bonds. The predicted octanol–water partition coefficient (Wildman–Crippen LogP) is 2.87. The van der Waals surface area contributed by atoms with Crippen molar-refractivity contribution in [1.29, 1.82) is 5.26 Å². The third-order valence-electron chi connectivity index (χ3n) is 3.74. The first-order valence-corrected chi connectivity index (χ1v) is 8.44. The highest BCUT2D eigenvalue weighted by Crippen LogP contribution is 2.26. The van der Waals surface area contributed by atoms with E-state index in [9.17, 15) is 0 Å². The first-order valence-electron chi connectivity index (χ1n) is 7.56. The summed E-state index contributed by atoms with van der Waals surface area (Å²) in [7, 11) is 0. The lowest BCUT2D eigenvalue weighted by Gasteiger charge is -2.16. The summed E-state index contributed by atoms with van der Waals surface area (Å²) in [6.45, 7) is 4.94. The molecule has 1 atom stereocenters. The SMILES string of the molecule is CC(C#N)Sc1nnc(CN2CCCC2)n1-c1ccccc1. The molecule has 1 fully saturated rings. The summed E-state index contributed by atoms with van der Waals surface area (Å²) in [4.78, 5) is 2.41. The number of para-hydroxylation sites is 1. The van der Waals surface area contributed by atoms with Crippen molar-refractivity contribution in [2.75, 3.05) is 13.1 Å². The summed E-state index contributed by atoms with van der Waals surface area (Å²) in [5, 5.41) is 18.4. The normalized spacial score (nSPS) is 16.5. The zero-order valence-corrected chi connectivity index (χ0v) is 13.5. The topological polar surface area (TPSA) is 57.7 Å². The second-order valence-electron chi connectivity index (χ2n) is 5.44. The Morgan fingerprint density at radius 1 is 1.23 bits per heavy atom. The summed E-state index contributed by atoms with van der Waals surface area (Å²) >= 11 is 1.45. The number of aromatic nitrogens is 3. The van der Waals surface area contributed by atoms with Crippen LogP contribution >= 0.6 is 11.8 Å². The van der Waals surface area contributed by atoms with Crippen LogP contribution in [-0.4, -0.2) is 38.0 Å². The average molecular weight is 313 g/mol. The summed E-state index contributed by atoms with van der Waals surface area (Å²) in [5.74, 6) is 0.945. The van der Waals surface area contributed by atoms with Crippen LogP contribution in [0.15, 0.2) is 35.5 Å². The minimum absolute atomic E-state index is 0.147. The molecule has 0 saturated carbocycles. The molecule has 1 aromatic heterocycles. The third kappa shape index (κ3) is 3.32. The van der Waals surface area contributed by atoms with Crippen LogP contribution in [0.2, 0.25) is 0 Å². The van der Waals surface area contributed by atoms with E-state index in [-0.39, 0.29) is 5.25 Å². The van der Waals surface area contributed by atoms with Gasteiger partial charge in [-0.3, -0.25) is 9.47 Å². The van der Waals surface area contributed by atoms with E-state index in [1.165, 1.54) is 24.6 Å². The van der Waals surface area contributed by atoms with Crippen LogP contribution in [0.1, 0.15) is 25.6 Å². The quantitative estimate of drug-likeness (QED) is 0.794.